The first-order valence-corrected chi connectivity index (χ1v) is 8.59. The van der Waals surface area contributed by atoms with E-state index in [-0.39, 0.29) is 0 Å². The van der Waals surface area contributed by atoms with Crippen molar-refractivity contribution in [3.05, 3.63) is 27.7 Å². The van der Waals surface area contributed by atoms with Gasteiger partial charge in [-0.15, -0.1) is 0 Å². The number of rotatable bonds is 3. The molecule has 1 aromatic rings. The second-order valence-corrected chi connectivity index (χ2v) is 7.46. The molecule has 1 aromatic carbocycles. The van der Waals surface area contributed by atoms with E-state index in [4.69, 9.17) is 4.74 Å². The van der Waals surface area contributed by atoms with Gasteiger partial charge in [0.05, 0.1) is 6.61 Å². The summed E-state index contributed by atoms with van der Waals surface area (Å²) in [6.07, 6.45) is 2.06. The maximum absolute atomic E-state index is 11.3. The number of aryl methyl sites for hydroxylation is 2. The predicted molar refractivity (Wildman–Crippen MR) is 79.7 cm³/mol. The highest BCUT2D eigenvalue weighted by Crippen LogP contribution is 2.27. The summed E-state index contributed by atoms with van der Waals surface area (Å²) in [6.45, 7) is 4.90. The summed E-state index contributed by atoms with van der Waals surface area (Å²) in [5.74, 6) is 3.19. The first-order chi connectivity index (χ1) is 8.56. The van der Waals surface area contributed by atoms with Crippen molar-refractivity contribution in [2.45, 2.75) is 26.7 Å². The number of hydrogen-bond donors (Lipinski definition) is 0. The zero-order chi connectivity index (χ0) is 13.1. The van der Waals surface area contributed by atoms with Crippen molar-refractivity contribution in [1.29, 1.82) is 0 Å². The molecule has 0 radical (unpaired) electrons. The van der Waals surface area contributed by atoms with E-state index in [2.05, 4.69) is 41.9 Å². The summed E-state index contributed by atoms with van der Waals surface area (Å²) in [5, 5.41) is 0. The van der Waals surface area contributed by atoms with Crippen LogP contribution < -0.4 is 4.74 Å². The van der Waals surface area contributed by atoms with Crippen LogP contribution in [0.5, 0.6) is 5.75 Å². The van der Waals surface area contributed by atoms with Crippen molar-refractivity contribution in [2.24, 2.45) is 5.92 Å². The highest BCUT2D eigenvalue weighted by molar-refractivity contribution is 9.10. The van der Waals surface area contributed by atoms with Crippen LogP contribution in [0.2, 0.25) is 0 Å². The van der Waals surface area contributed by atoms with E-state index in [1.54, 1.807) is 0 Å². The third-order valence-electron chi connectivity index (χ3n) is 3.40. The molecule has 0 saturated carbocycles. The fraction of sp³-hybridized carbons (Fsp3) is 0.571. The third kappa shape index (κ3) is 3.65. The minimum Gasteiger partial charge on any atom is -0.616 e. The van der Waals surface area contributed by atoms with Crippen LogP contribution in [0, 0.1) is 19.8 Å². The summed E-state index contributed by atoms with van der Waals surface area (Å²) in [7, 11) is 0. The molecule has 4 heteroatoms. The van der Waals surface area contributed by atoms with Crippen molar-refractivity contribution >= 4 is 27.1 Å². The fourth-order valence-electron chi connectivity index (χ4n) is 2.21. The average molecular weight is 331 g/mol. The van der Waals surface area contributed by atoms with Gasteiger partial charge in [-0.2, -0.15) is 0 Å². The van der Waals surface area contributed by atoms with Crippen LogP contribution in [0.25, 0.3) is 0 Å². The van der Waals surface area contributed by atoms with Crippen molar-refractivity contribution in [3.8, 4) is 5.75 Å². The molecule has 1 aliphatic heterocycles. The topological polar surface area (TPSA) is 32.3 Å². The first-order valence-electron chi connectivity index (χ1n) is 6.31. The van der Waals surface area contributed by atoms with Gasteiger partial charge in [-0.25, -0.2) is 0 Å². The minimum absolute atomic E-state index is 0.562. The van der Waals surface area contributed by atoms with Crippen LogP contribution >= 0.6 is 15.9 Å². The molecule has 2 nitrogen and oxygen atoms in total. The molecular formula is C14H19BrO2S. The Hall–Kier alpha value is -0.190. The van der Waals surface area contributed by atoms with E-state index >= 15 is 0 Å². The maximum atomic E-state index is 11.3. The smallest absolute Gasteiger partial charge is 0.119 e. The molecule has 18 heavy (non-hydrogen) atoms. The number of benzene rings is 1. The Labute approximate surface area is 120 Å². The molecule has 1 heterocycles. The van der Waals surface area contributed by atoms with Crippen LogP contribution in [-0.2, 0) is 11.2 Å². The Balaban J connectivity index is 1.90. The van der Waals surface area contributed by atoms with Gasteiger partial charge in [-0.3, -0.25) is 0 Å². The molecule has 0 unspecified atom stereocenters. The SMILES string of the molecule is Cc1cc(OCC2CC[S+]([O-])CC2)cc(C)c1Br. The van der Waals surface area contributed by atoms with E-state index in [1.807, 2.05) is 0 Å². The second-order valence-electron chi connectivity index (χ2n) is 4.97. The van der Waals surface area contributed by atoms with Crippen LogP contribution in [-0.4, -0.2) is 22.7 Å². The average Bonchev–Trinajstić information content (AvgIpc) is 2.35. The largest absolute Gasteiger partial charge is 0.616 e. The van der Waals surface area contributed by atoms with Gasteiger partial charge in [0.25, 0.3) is 0 Å². The molecule has 0 atom stereocenters. The van der Waals surface area contributed by atoms with Gasteiger partial charge in [0.1, 0.15) is 17.3 Å². The molecule has 1 saturated heterocycles. The monoisotopic (exact) mass is 330 g/mol. The van der Waals surface area contributed by atoms with Gasteiger partial charge in [-0.05, 0) is 49.9 Å². The zero-order valence-electron chi connectivity index (χ0n) is 10.9. The van der Waals surface area contributed by atoms with E-state index < -0.39 is 11.2 Å². The minimum atomic E-state index is -0.581. The van der Waals surface area contributed by atoms with Crippen LogP contribution in [0.15, 0.2) is 16.6 Å². The number of halogens is 1. The molecule has 1 fully saturated rings. The highest BCUT2D eigenvalue weighted by Gasteiger charge is 2.22. The quantitative estimate of drug-likeness (QED) is 0.793. The molecule has 100 valence electrons. The van der Waals surface area contributed by atoms with E-state index in [0.29, 0.717) is 5.92 Å². The fourth-order valence-corrected chi connectivity index (χ4v) is 3.84. The molecular weight excluding hydrogens is 312 g/mol. The van der Waals surface area contributed by atoms with Crippen LogP contribution in [0.4, 0.5) is 0 Å². The lowest BCUT2D eigenvalue weighted by Gasteiger charge is -2.24. The second kappa shape index (κ2) is 6.31. The molecule has 0 aromatic heterocycles. The summed E-state index contributed by atoms with van der Waals surface area (Å²) >= 11 is 2.98. The van der Waals surface area contributed by atoms with E-state index in [1.165, 1.54) is 11.1 Å². The zero-order valence-corrected chi connectivity index (χ0v) is 13.3. The number of hydrogen-bond acceptors (Lipinski definition) is 2. The molecule has 0 bridgehead atoms. The lowest BCUT2D eigenvalue weighted by molar-refractivity contribution is 0.238. The van der Waals surface area contributed by atoms with Gasteiger partial charge in [0.2, 0.25) is 0 Å². The van der Waals surface area contributed by atoms with E-state index in [0.717, 1.165) is 41.2 Å². The summed E-state index contributed by atoms with van der Waals surface area (Å²) in [5.41, 5.74) is 2.41. The summed E-state index contributed by atoms with van der Waals surface area (Å²) in [6, 6.07) is 4.14. The molecule has 0 spiro atoms. The van der Waals surface area contributed by atoms with Gasteiger partial charge in [-0.1, -0.05) is 27.1 Å². The standard InChI is InChI=1S/C14H19BrO2S/c1-10-7-13(8-11(2)14(10)15)17-9-12-3-5-18(16)6-4-12/h7-8,12H,3-6,9H2,1-2H3. The van der Waals surface area contributed by atoms with E-state index in [9.17, 15) is 4.55 Å². The van der Waals surface area contributed by atoms with Crippen molar-refractivity contribution in [1.82, 2.24) is 0 Å². The number of ether oxygens (including phenoxy) is 1. The Morgan fingerprint density at radius 1 is 1.28 bits per heavy atom. The lowest BCUT2D eigenvalue weighted by Crippen LogP contribution is -2.26. The third-order valence-corrected chi connectivity index (χ3v) is 6.04. The molecule has 2 rings (SSSR count). The summed E-state index contributed by atoms with van der Waals surface area (Å²) < 4.78 is 18.3. The Bertz CT molecular complexity index is 391. The highest BCUT2D eigenvalue weighted by atomic mass is 79.9. The molecule has 1 aliphatic rings. The van der Waals surface area contributed by atoms with Gasteiger partial charge in [0, 0.05) is 10.4 Å². The van der Waals surface area contributed by atoms with Gasteiger partial charge >= 0.3 is 0 Å². The summed E-state index contributed by atoms with van der Waals surface area (Å²) in [4.78, 5) is 0. The Morgan fingerprint density at radius 3 is 2.39 bits per heavy atom. The van der Waals surface area contributed by atoms with Crippen molar-refractivity contribution in [3.63, 3.8) is 0 Å². The van der Waals surface area contributed by atoms with Gasteiger partial charge < -0.3 is 9.29 Å². The van der Waals surface area contributed by atoms with Crippen LogP contribution in [0.3, 0.4) is 0 Å². The molecule has 0 aliphatic carbocycles. The Kier molecular flexibility index (Phi) is 4.98. The maximum Gasteiger partial charge on any atom is 0.119 e. The van der Waals surface area contributed by atoms with Gasteiger partial charge in [0.15, 0.2) is 0 Å². The van der Waals surface area contributed by atoms with Crippen LogP contribution in [0.1, 0.15) is 24.0 Å². The predicted octanol–water partition coefficient (Wildman–Crippen LogP) is 3.60. The lowest BCUT2D eigenvalue weighted by atomic mass is 10.0. The molecule has 0 amide bonds. The molecule has 0 N–H and O–H groups in total. The van der Waals surface area contributed by atoms with Crippen molar-refractivity contribution < 1.29 is 9.29 Å². The normalized spacial score (nSPS) is 24.0. The Morgan fingerprint density at radius 2 is 1.83 bits per heavy atom. The van der Waals surface area contributed by atoms with Crippen molar-refractivity contribution in [2.75, 3.05) is 18.1 Å². The first kappa shape index (κ1) is 14.2.